The van der Waals surface area contributed by atoms with E-state index < -0.39 is 49.3 Å². The molecular weight excluding hydrogens is 366 g/mol. The summed E-state index contributed by atoms with van der Waals surface area (Å²) in [5.41, 5.74) is -3.00. The van der Waals surface area contributed by atoms with Crippen LogP contribution in [0.15, 0.2) is 14.4 Å². The van der Waals surface area contributed by atoms with Crippen molar-refractivity contribution in [2.75, 3.05) is 19.8 Å². The molecular formula is C14H23N5O8. The van der Waals surface area contributed by atoms with Gasteiger partial charge in [-0.3, -0.25) is 0 Å². The number of hydrogen-bond acceptors (Lipinski definition) is 8. The van der Waals surface area contributed by atoms with Crippen LogP contribution < -0.4 is 27.7 Å². The summed E-state index contributed by atoms with van der Waals surface area (Å²) in [6.07, 6.45) is -1.69. The van der Waals surface area contributed by atoms with E-state index in [1.165, 1.54) is 0 Å². The molecule has 0 saturated carbocycles. The fourth-order valence-corrected chi connectivity index (χ4v) is 1.90. The molecule has 0 radical (unpaired) electrons. The minimum absolute atomic E-state index is 0.0955. The third-order valence-corrected chi connectivity index (χ3v) is 3.12. The predicted octanol–water partition coefficient (Wildman–Crippen LogP) is -1.43. The summed E-state index contributed by atoms with van der Waals surface area (Å²) < 4.78 is 16.2. The van der Waals surface area contributed by atoms with Crippen LogP contribution in [0.5, 0.6) is 0 Å². The minimum atomic E-state index is -1.04. The molecule has 1 heterocycles. The van der Waals surface area contributed by atoms with Crippen LogP contribution in [0.25, 0.3) is 0 Å². The van der Waals surface area contributed by atoms with E-state index in [0.717, 1.165) is 0 Å². The maximum atomic E-state index is 12.5. The molecule has 152 valence electrons. The summed E-state index contributed by atoms with van der Waals surface area (Å²) in [6, 6.07) is 0. The number of ether oxygens (including phenoxy) is 3. The smallest absolute Gasteiger partial charge is 0.408 e. The van der Waals surface area contributed by atoms with Crippen molar-refractivity contribution in [2.45, 2.75) is 40.8 Å². The number of nitrogens with one attached hydrogen (secondary N) is 2. The van der Waals surface area contributed by atoms with Gasteiger partial charge in [0.15, 0.2) is 0 Å². The maximum Gasteiger partial charge on any atom is 0.408 e. The Kier molecular flexibility index (Phi) is 8.78. The SMILES string of the molecule is CCOCn1c(=O)n(CNC(=O)OCC)c(=O)n(CNC(=O)OCC)c1=O. The summed E-state index contributed by atoms with van der Waals surface area (Å²) in [4.78, 5) is 60.1. The summed E-state index contributed by atoms with van der Waals surface area (Å²) in [6.45, 7) is 3.75. The molecule has 0 atom stereocenters. The van der Waals surface area contributed by atoms with Crippen LogP contribution in [0, 0.1) is 0 Å². The summed E-state index contributed by atoms with van der Waals surface area (Å²) >= 11 is 0. The highest BCUT2D eigenvalue weighted by Crippen LogP contribution is 1.82. The number of amides is 2. The van der Waals surface area contributed by atoms with Crippen LogP contribution in [-0.2, 0) is 34.3 Å². The van der Waals surface area contributed by atoms with Gasteiger partial charge in [0.05, 0.1) is 13.2 Å². The van der Waals surface area contributed by atoms with Gasteiger partial charge < -0.3 is 24.8 Å². The lowest BCUT2D eigenvalue weighted by Gasteiger charge is -2.14. The van der Waals surface area contributed by atoms with Crippen LogP contribution in [-0.4, -0.2) is 45.7 Å². The van der Waals surface area contributed by atoms with Crippen molar-refractivity contribution in [3.05, 3.63) is 31.5 Å². The van der Waals surface area contributed by atoms with E-state index in [0.29, 0.717) is 13.7 Å². The predicted molar refractivity (Wildman–Crippen MR) is 91.2 cm³/mol. The number of carbonyl (C=O) groups excluding carboxylic acids is 2. The zero-order valence-electron chi connectivity index (χ0n) is 15.4. The zero-order chi connectivity index (χ0) is 20.4. The number of hydrogen-bond donors (Lipinski definition) is 2. The lowest BCUT2D eigenvalue weighted by Crippen LogP contribution is -2.57. The quantitative estimate of drug-likeness (QED) is 0.522. The van der Waals surface area contributed by atoms with Crippen molar-refractivity contribution in [2.24, 2.45) is 0 Å². The first-order chi connectivity index (χ1) is 12.9. The van der Waals surface area contributed by atoms with Gasteiger partial charge in [0, 0.05) is 6.61 Å². The molecule has 0 unspecified atom stereocenters. The van der Waals surface area contributed by atoms with E-state index in [1.54, 1.807) is 20.8 Å². The van der Waals surface area contributed by atoms with Crippen LogP contribution >= 0.6 is 0 Å². The molecule has 0 aliphatic carbocycles. The highest BCUT2D eigenvalue weighted by atomic mass is 16.6. The molecule has 13 heteroatoms. The number of aromatic nitrogens is 3. The third kappa shape index (κ3) is 5.99. The highest BCUT2D eigenvalue weighted by molar-refractivity contribution is 5.66. The minimum Gasteiger partial charge on any atom is -0.450 e. The lowest BCUT2D eigenvalue weighted by molar-refractivity contribution is 0.0771. The van der Waals surface area contributed by atoms with E-state index in [4.69, 9.17) is 4.74 Å². The molecule has 27 heavy (non-hydrogen) atoms. The van der Waals surface area contributed by atoms with Gasteiger partial charge in [-0.05, 0) is 20.8 Å². The Balaban J connectivity index is 3.27. The summed E-state index contributed by atoms with van der Waals surface area (Å²) in [5, 5.41) is 4.43. The van der Waals surface area contributed by atoms with E-state index in [9.17, 15) is 24.0 Å². The van der Waals surface area contributed by atoms with E-state index in [1.807, 2.05) is 0 Å². The molecule has 13 nitrogen and oxygen atoms in total. The topological polar surface area (TPSA) is 152 Å². The highest BCUT2D eigenvalue weighted by Gasteiger charge is 2.17. The third-order valence-electron chi connectivity index (χ3n) is 3.12. The average molecular weight is 389 g/mol. The van der Waals surface area contributed by atoms with Gasteiger partial charge in [0.1, 0.15) is 20.1 Å². The number of alkyl carbamates (subject to hydrolysis) is 2. The molecule has 0 aliphatic heterocycles. The maximum absolute atomic E-state index is 12.5. The van der Waals surface area contributed by atoms with Crippen LogP contribution in [0.2, 0.25) is 0 Å². The van der Waals surface area contributed by atoms with Gasteiger partial charge in [-0.25, -0.2) is 37.7 Å². The Morgan fingerprint density at radius 2 is 1.15 bits per heavy atom. The Morgan fingerprint density at radius 1 is 0.741 bits per heavy atom. The standard InChI is InChI=1S/C14H23N5O8/c1-4-25-9-19-13(23)17(7-15-10(20)26-5-2)12(22)18(14(19)24)8-16-11(21)27-6-3/h4-9H2,1-3H3,(H,15,20)(H,16,21). The van der Waals surface area contributed by atoms with E-state index in [-0.39, 0.29) is 19.8 Å². The van der Waals surface area contributed by atoms with Gasteiger partial charge in [-0.15, -0.1) is 0 Å². The van der Waals surface area contributed by atoms with E-state index in [2.05, 4.69) is 20.1 Å². The van der Waals surface area contributed by atoms with Crippen LogP contribution in [0.3, 0.4) is 0 Å². The molecule has 2 N–H and O–H groups in total. The first kappa shape index (κ1) is 22.0. The first-order valence-corrected chi connectivity index (χ1v) is 8.20. The second-order valence-electron chi connectivity index (χ2n) is 4.86. The lowest BCUT2D eigenvalue weighted by atomic mass is 10.7. The molecule has 0 aliphatic rings. The molecule has 1 aromatic heterocycles. The fraction of sp³-hybridized carbons (Fsp3) is 0.643. The van der Waals surface area contributed by atoms with Crippen molar-refractivity contribution < 1.29 is 23.8 Å². The summed E-state index contributed by atoms with van der Waals surface area (Å²) in [7, 11) is 0. The van der Waals surface area contributed by atoms with Crippen molar-refractivity contribution >= 4 is 12.2 Å². The summed E-state index contributed by atoms with van der Waals surface area (Å²) in [5.74, 6) is 0. The Labute approximate surface area is 153 Å². The number of rotatable bonds is 9. The second kappa shape index (κ2) is 10.8. The molecule has 0 bridgehead atoms. The average Bonchev–Trinajstić information content (AvgIpc) is 2.62. The van der Waals surface area contributed by atoms with Crippen molar-refractivity contribution in [1.82, 2.24) is 24.3 Å². The van der Waals surface area contributed by atoms with E-state index >= 15 is 0 Å². The molecule has 0 saturated heterocycles. The van der Waals surface area contributed by atoms with Gasteiger partial charge in [-0.1, -0.05) is 0 Å². The monoisotopic (exact) mass is 389 g/mol. The molecule has 0 spiro atoms. The zero-order valence-corrected chi connectivity index (χ0v) is 15.4. The number of nitrogens with zero attached hydrogens (tertiary/aromatic N) is 3. The molecule has 0 aromatic carbocycles. The molecule has 1 aromatic rings. The van der Waals surface area contributed by atoms with Gasteiger partial charge in [-0.2, -0.15) is 0 Å². The Morgan fingerprint density at radius 3 is 1.52 bits per heavy atom. The van der Waals surface area contributed by atoms with Crippen LogP contribution in [0.4, 0.5) is 9.59 Å². The molecule has 1 rings (SSSR count). The Bertz CT molecular complexity index is 764. The fourth-order valence-electron chi connectivity index (χ4n) is 1.90. The van der Waals surface area contributed by atoms with Crippen molar-refractivity contribution in [3.8, 4) is 0 Å². The first-order valence-electron chi connectivity index (χ1n) is 8.20. The van der Waals surface area contributed by atoms with Crippen LogP contribution in [0.1, 0.15) is 20.8 Å². The molecule has 0 fully saturated rings. The second-order valence-corrected chi connectivity index (χ2v) is 4.86. The van der Waals surface area contributed by atoms with Crippen molar-refractivity contribution in [3.63, 3.8) is 0 Å². The normalized spacial score (nSPS) is 10.3. The van der Waals surface area contributed by atoms with Gasteiger partial charge in [0.2, 0.25) is 0 Å². The molecule has 2 amide bonds. The Hall–Kier alpha value is -3.09. The van der Waals surface area contributed by atoms with Gasteiger partial charge in [0.25, 0.3) is 0 Å². The number of carbonyl (C=O) groups is 2. The van der Waals surface area contributed by atoms with Crippen molar-refractivity contribution in [1.29, 1.82) is 0 Å². The largest absolute Gasteiger partial charge is 0.450 e. The van der Waals surface area contributed by atoms with Gasteiger partial charge >= 0.3 is 29.3 Å².